The number of aromatic nitrogens is 3. The molecule has 0 fully saturated rings. The number of H-pyrrole nitrogens is 1. The molecule has 0 aliphatic carbocycles. The molecule has 0 spiro atoms. The number of anilines is 2. The van der Waals surface area contributed by atoms with Crippen LogP contribution in [0.5, 0.6) is 0 Å². The summed E-state index contributed by atoms with van der Waals surface area (Å²) in [6, 6.07) is 21.9. The van der Waals surface area contributed by atoms with Gasteiger partial charge in [-0.15, -0.1) is 0 Å². The van der Waals surface area contributed by atoms with E-state index in [-0.39, 0.29) is 0 Å². The van der Waals surface area contributed by atoms with Crippen LogP contribution in [0.15, 0.2) is 79.1 Å². The molecule has 4 nitrogen and oxygen atoms in total. The summed E-state index contributed by atoms with van der Waals surface area (Å²) in [4.78, 5) is 12.4. The molecule has 0 saturated carbocycles. The van der Waals surface area contributed by atoms with E-state index in [1.165, 1.54) is 0 Å². The van der Waals surface area contributed by atoms with Crippen LogP contribution in [0, 0.1) is 0 Å². The van der Waals surface area contributed by atoms with Crippen molar-refractivity contribution >= 4 is 44.9 Å². The van der Waals surface area contributed by atoms with Gasteiger partial charge in [0.05, 0.1) is 16.9 Å². The summed E-state index contributed by atoms with van der Waals surface area (Å²) in [5.74, 6) is 0.786. The van der Waals surface area contributed by atoms with Crippen LogP contribution in [0.3, 0.4) is 0 Å². The van der Waals surface area contributed by atoms with Crippen LogP contribution in [0.1, 0.15) is 0 Å². The van der Waals surface area contributed by atoms with Gasteiger partial charge < -0.3 is 10.3 Å². The summed E-state index contributed by atoms with van der Waals surface area (Å²) in [6.45, 7) is 0. The van der Waals surface area contributed by atoms with E-state index in [1.807, 2.05) is 54.7 Å². The molecule has 0 aliphatic rings. The van der Waals surface area contributed by atoms with Crippen molar-refractivity contribution in [3.8, 4) is 11.3 Å². The molecule has 130 valence electrons. The number of hydrogen-bond acceptors (Lipinski definition) is 3. The molecule has 5 heteroatoms. The van der Waals surface area contributed by atoms with Crippen LogP contribution in [-0.4, -0.2) is 15.0 Å². The maximum atomic E-state index is 6.05. The topological polar surface area (TPSA) is 53.6 Å². The lowest BCUT2D eigenvalue weighted by Gasteiger charge is -2.07. The highest BCUT2D eigenvalue weighted by atomic mass is 35.5. The second kappa shape index (κ2) is 6.41. The summed E-state index contributed by atoms with van der Waals surface area (Å²) < 4.78 is 0. The number of nitrogens with zero attached hydrogens (tertiary/aromatic N) is 2. The summed E-state index contributed by atoms with van der Waals surface area (Å²) in [5.41, 5.74) is 4.96. The van der Waals surface area contributed by atoms with Crippen LogP contribution in [-0.2, 0) is 0 Å². The van der Waals surface area contributed by atoms with Crippen molar-refractivity contribution in [1.29, 1.82) is 0 Å². The highest BCUT2D eigenvalue weighted by Gasteiger charge is 2.08. The molecule has 0 bridgehead atoms. The van der Waals surface area contributed by atoms with Crippen LogP contribution in [0.2, 0.25) is 5.02 Å². The number of rotatable bonds is 3. The minimum Gasteiger partial charge on any atom is -0.359 e. The number of benzene rings is 2. The minimum absolute atomic E-state index is 0.712. The fourth-order valence-corrected chi connectivity index (χ4v) is 3.40. The lowest BCUT2D eigenvalue weighted by atomic mass is 10.1. The number of nitrogens with one attached hydrogen (secondary N) is 2. The highest BCUT2D eigenvalue weighted by Crippen LogP contribution is 2.30. The van der Waals surface area contributed by atoms with Gasteiger partial charge in [-0.3, -0.25) is 4.98 Å². The van der Waals surface area contributed by atoms with Gasteiger partial charge in [0.15, 0.2) is 0 Å². The Morgan fingerprint density at radius 1 is 0.926 bits per heavy atom. The number of halogens is 1. The average Bonchev–Trinajstić information content (AvgIpc) is 3.11. The van der Waals surface area contributed by atoms with Crippen molar-refractivity contribution in [3.05, 3.63) is 84.1 Å². The van der Waals surface area contributed by atoms with Crippen LogP contribution in [0.4, 0.5) is 11.5 Å². The summed E-state index contributed by atoms with van der Waals surface area (Å²) >= 11 is 6.05. The van der Waals surface area contributed by atoms with Crippen LogP contribution < -0.4 is 5.32 Å². The van der Waals surface area contributed by atoms with E-state index in [0.29, 0.717) is 5.02 Å². The molecule has 0 saturated heterocycles. The standard InChI is InChI=1S/C22H15ClN4/c23-16-6-8-19-14(11-16)5-9-22(26-19)27-21-13-25-20-7-4-15(12-17(20)21)18-3-1-2-10-24-18/h1-13,25H,(H,26,27). The first kappa shape index (κ1) is 15.9. The van der Waals surface area contributed by atoms with Crippen molar-refractivity contribution < 1.29 is 0 Å². The molecule has 2 N–H and O–H groups in total. The molecule has 3 aromatic heterocycles. The third kappa shape index (κ3) is 3.00. The molecule has 5 aromatic rings. The van der Waals surface area contributed by atoms with E-state index in [1.54, 1.807) is 6.20 Å². The molecule has 0 aliphatic heterocycles. The predicted molar refractivity (Wildman–Crippen MR) is 112 cm³/mol. The maximum absolute atomic E-state index is 6.05. The Kier molecular flexibility index (Phi) is 3.77. The number of aromatic amines is 1. The molecule has 0 radical (unpaired) electrons. The Morgan fingerprint density at radius 2 is 1.89 bits per heavy atom. The average molecular weight is 371 g/mol. The first-order valence-corrected chi connectivity index (χ1v) is 9.00. The normalized spacial score (nSPS) is 11.1. The Bertz CT molecular complexity index is 1260. The molecule has 5 rings (SSSR count). The fraction of sp³-hybridized carbons (Fsp3) is 0. The summed E-state index contributed by atoms with van der Waals surface area (Å²) in [6.07, 6.45) is 3.77. The van der Waals surface area contributed by atoms with E-state index in [2.05, 4.69) is 38.5 Å². The van der Waals surface area contributed by atoms with Crippen LogP contribution in [0.25, 0.3) is 33.1 Å². The van der Waals surface area contributed by atoms with Gasteiger partial charge in [-0.25, -0.2) is 4.98 Å². The van der Waals surface area contributed by atoms with E-state index < -0.39 is 0 Å². The third-order valence-electron chi connectivity index (χ3n) is 4.56. The van der Waals surface area contributed by atoms with Gasteiger partial charge in [0, 0.05) is 39.3 Å². The zero-order chi connectivity index (χ0) is 18.2. The van der Waals surface area contributed by atoms with Crippen molar-refractivity contribution in [2.75, 3.05) is 5.32 Å². The zero-order valence-corrected chi connectivity index (χ0v) is 15.0. The van der Waals surface area contributed by atoms with Gasteiger partial charge in [-0.2, -0.15) is 0 Å². The lowest BCUT2D eigenvalue weighted by Crippen LogP contribution is -1.93. The Balaban J connectivity index is 1.54. The molecule has 0 amide bonds. The second-order valence-electron chi connectivity index (χ2n) is 6.34. The van der Waals surface area contributed by atoms with Gasteiger partial charge in [0.2, 0.25) is 0 Å². The van der Waals surface area contributed by atoms with Gasteiger partial charge >= 0.3 is 0 Å². The molecule has 2 aromatic carbocycles. The molecular weight excluding hydrogens is 356 g/mol. The number of hydrogen-bond donors (Lipinski definition) is 2. The largest absolute Gasteiger partial charge is 0.359 e. The SMILES string of the molecule is Clc1ccc2nc(Nc3c[nH]c4ccc(-c5ccccn5)cc34)ccc2c1. The highest BCUT2D eigenvalue weighted by molar-refractivity contribution is 6.31. The molecule has 3 heterocycles. The summed E-state index contributed by atoms with van der Waals surface area (Å²) in [7, 11) is 0. The quantitative estimate of drug-likeness (QED) is 0.399. The predicted octanol–water partition coefficient (Wildman–Crippen LogP) is 6.18. The van der Waals surface area contributed by atoms with E-state index in [9.17, 15) is 0 Å². The maximum Gasteiger partial charge on any atom is 0.131 e. The van der Waals surface area contributed by atoms with Gasteiger partial charge in [0.25, 0.3) is 0 Å². The first-order valence-electron chi connectivity index (χ1n) is 8.62. The number of pyridine rings is 2. The third-order valence-corrected chi connectivity index (χ3v) is 4.79. The second-order valence-corrected chi connectivity index (χ2v) is 6.77. The van der Waals surface area contributed by atoms with Crippen molar-refractivity contribution in [3.63, 3.8) is 0 Å². The smallest absolute Gasteiger partial charge is 0.131 e. The van der Waals surface area contributed by atoms with Crippen molar-refractivity contribution in [1.82, 2.24) is 15.0 Å². The van der Waals surface area contributed by atoms with E-state index in [0.717, 1.165) is 44.6 Å². The first-order chi connectivity index (χ1) is 13.3. The summed E-state index contributed by atoms with van der Waals surface area (Å²) in [5, 5.41) is 6.24. The minimum atomic E-state index is 0.712. The Hall–Kier alpha value is -3.37. The molecule has 0 unspecified atom stereocenters. The van der Waals surface area contributed by atoms with Crippen molar-refractivity contribution in [2.24, 2.45) is 0 Å². The van der Waals surface area contributed by atoms with Gasteiger partial charge in [-0.05, 0) is 54.6 Å². The molecular formula is C22H15ClN4. The Morgan fingerprint density at radius 3 is 2.78 bits per heavy atom. The van der Waals surface area contributed by atoms with Gasteiger partial charge in [-0.1, -0.05) is 23.7 Å². The lowest BCUT2D eigenvalue weighted by molar-refractivity contribution is 1.33. The molecule has 0 atom stereocenters. The van der Waals surface area contributed by atoms with Crippen LogP contribution >= 0.6 is 11.6 Å². The fourth-order valence-electron chi connectivity index (χ4n) is 3.22. The van der Waals surface area contributed by atoms with E-state index >= 15 is 0 Å². The number of fused-ring (bicyclic) bond motifs is 2. The Labute approximate surface area is 160 Å². The monoisotopic (exact) mass is 370 g/mol. The van der Waals surface area contributed by atoms with E-state index in [4.69, 9.17) is 11.6 Å². The van der Waals surface area contributed by atoms with Crippen molar-refractivity contribution in [2.45, 2.75) is 0 Å². The molecule has 27 heavy (non-hydrogen) atoms. The van der Waals surface area contributed by atoms with Gasteiger partial charge in [0.1, 0.15) is 5.82 Å². The zero-order valence-electron chi connectivity index (χ0n) is 14.3.